The first-order chi connectivity index (χ1) is 21.3. The van der Waals surface area contributed by atoms with Crippen molar-refractivity contribution >= 4 is 17.4 Å². The lowest BCUT2D eigenvalue weighted by atomic mass is 9.94. The monoisotopic (exact) mass is 598 g/mol. The van der Waals surface area contributed by atoms with Gasteiger partial charge in [0.15, 0.2) is 11.5 Å². The highest BCUT2D eigenvalue weighted by Crippen LogP contribution is 2.43. The number of ether oxygens (including phenoxy) is 3. The van der Waals surface area contributed by atoms with Crippen LogP contribution in [0, 0.1) is 0 Å². The zero-order valence-corrected chi connectivity index (χ0v) is 26.0. The number of likely N-dealkylation sites (tertiary alicyclic amines) is 1. The van der Waals surface area contributed by atoms with Crippen molar-refractivity contribution < 1.29 is 28.9 Å². The van der Waals surface area contributed by atoms with Crippen molar-refractivity contribution in [2.45, 2.75) is 59.3 Å². The Morgan fingerprint density at radius 3 is 2.48 bits per heavy atom. The highest BCUT2D eigenvalue weighted by Gasteiger charge is 2.46. The van der Waals surface area contributed by atoms with Crippen molar-refractivity contribution in [3.8, 4) is 17.2 Å². The fraction of sp³-hybridized carbons (Fsp3) is 0.389. The molecule has 2 aliphatic heterocycles. The van der Waals surface area contributed by atoms with Gasteiger partial charge in [0, 0.05) is 18.5 Å². The lowest BCUT2D eigenvalue weighted by Gasteiger charge is -2.27. The van der Waals surface area contributed by atoms with Crippen LogP contribution in [0.5, 0.6) is 17.2 Å². The summed E-state index contributed by atoms with van der Waals surface area (Å²) in [5.74, 6) is 0.350. The number of amides is 1. The molecule has 0 radical (unpaired) electrons. The summed E-state index contributed by atoms with van der Waals surface area (Å²) in [5, 5.41) is 11.7. The average Bonchev–Trinajstić information content (AvgIpc) is 3.53. The molecule has 44 heavy (non-hydrogen) atoms. The van der Waals surface area contributed by atoms with E-state index in [0.717, 1.165) is 36.5 Å². The molecule has 8 heteroatoms. The van der Waals surface area contributed by atoms with Gasteiger partial charge in [0.05, 0.1) is 18.2 Å². The van der Waals surface area contributed by atoms with Crippen LogP contribution in [0.3, 0.4) is 0 Å². The molecule has 0 unspecified atom stereocenters. The zero-order chi connectivity index (χ0) is 31.2. The lowest BCUT2D eigenvalue weighted by Crippen LogP contribution is -2.33. The van der Waals surface area contributed by atoms with Gasteiger partial charge in [-0.25, -0.2) is 0 Å². The van der Waals surface area contributed by atoms with Gasteiger partial charge in [-0.1, -0.05) is 50.2 Å². The smallest absolute Gasteiger partial charge is 0.295 e. The largest absolute Gasteiger partial charge is 0.507 e. The molecule has 8 nitrogen and oxygen atoms in total. The molecule has 1 amide bonds. The molecule has 3 aromatic carbocycles. The van der Waals surface area contributed by atoms with Gasteiger partial charge in [-0.05, 0) is 86.9 Å². The van der Waals surface area contributed by atoms with E-state index in [4.69, 9.17) is 14.2 Å². The average molecular weight is 599 g/mol. The number of benzene rings is 3. The maximum Gasteiger partial charge on any atom is 0.295 e. The predicted molar refractivity (Wildman–Crippen MR) is 170 cm³/mol. The molecule has 1 fully saturated rings. The number of rotatable bonds is 13. The SMILES string of the molecule is CCOc1cc([C@H]2/C(=C(\O)c3ccc4c(c3)C[C@@H](C)O4)C(=O)C(=O)N2CCCN(CC)CC)ccc1OCc1ccccc1. The zero-order valence-electron chi connectivity index (χ0n) is 26.0. The van der Waals surface area contributed by atoms with Crippen LogP contribution in [0.15, 0.2) is 72.3 Å². The second kappa shape index (κ2) is 14.0. The maximum atomic E-state index is 13.6. The lowest BCUT2D eigenvalue weighted by molar-refractivity contribution is -0.140. The van der Waals surface area contributed by atoms with Gasteiger partial charge < -0.3 is 29.1 Å². The minimum Gasteiger partial charge on any atom is -0.507 e. The van der Waals surface area contributed by atoms with Crippen LogP contribution < -0.4 is 14.2 Å². The summed E-state index contributed by atoms with van der Waals surface area (Å²) >= 11 is 0. The first kappa shape index (κ1) is 31.1. The van der Waals surface area contributed by atoms with Crippen LogP contribution >= 0.6 is 0 Å². The van der Waals surface area contributed by atoms with Crippen molar-refractivity contribution in [2.75, 3.05) is 32.8 Å². The molecule has 2 aliphatic rings. The predicted octanol–water partition coefficient (Wildman–Crippen LogP) is 6.14. The Labute approximate surface area is 259 Å². The van der Waals surface area contributed by atoms with Gasteiger partial charge in [-0.3, -0.25) is 9.59 Å². The Balaban J connectivity index is 1.53. The minimum atomic E-state index is -0.780. The normalized spacial score (nSPS) is 18.9. The molecule has 0 spiro atoms. The second-order valence-electron chi connectivity index (χ2n) is 11.2. The first-order valence-electron chi connectivity index (χ1n) is 15.6. The van der Waals surface area contributed by atoms with E-state index in [9.17, 15) is 14.7 Å². The second-order valence-corrected chi connectivity index (χ2v) is 11.2. The third-order valence-corrected chi connectivity index (χ3v) is 8.30. The van der Waals surface area contributed by atoms with Crippen LogP contribution in [-0.4, -0.2) is 65.5 Å². The molecule has 0 aromatic heterocycles. The molecule has 0 aliphatic carbocycles. The van der Waals surface area contributed by atoms with Crippen molar-refractivity contribution in [1.29, 1.82) is 0 Å². The number of fused-ring (bicyclic) bond motifs is 1. The number of aliphatic hydroxyl groups is 1. The summed E-state index contributed by atoms with van der Waals surface area (Å²) in [6, 6.07) is 20.0. The van der Waals surface area contributed by atoms with Gasteiger partial charge in [0.1, 0.15) is 24.2 Å². The molecule has 2 heterocycles. The summed E-state index contributed by atoms with van der Waals surface area (Å²) in [4.78, 5) is 31.1. The minimum absolute atomic E-state index is 0.0402. The molecular formula is C36H42N2O6. The van der Waals surface area contributed by atoms with Crippen LogP contribution in [0.4, 0.5) is 0 Å². The highest BCUT2D eigenvalue weighted by atomic mass is 16.5. The Hall–Kier alpha value is -4.30. The van der Waals surface area contributed by atoms with Crippen LogP contribution in [-0.2, 0) is 22.6 Å². The number of ketones is 1. The quantitative estimate of drug-likeness (QED) is 0.144. The van der Waals surface area contributed by atoms with Gasteiger partial charge in [0.2, 0.25) is 0 Å². The van der Waals surface area contributed by atoms with E-state index in [-0.39, 0.29) is 17.4 Å². The van der Waals surface area contributed by atoms with Crippen molar-refractivity contribution in [2.24, 2.45) is 0 Å². The van der Waals surface area contributed by atoms with E-state index in [0.29, 0.717) is 55.2 Å². The van der Waals surface area contributed by atoms with Crippen molar-refractivity contribution in [3.05, 3.63) is 94.6 Å². The first-order valence-corrected chi connectivity index (χ1v) is 15.6. The fourth-order valence-corrected chi connectivity index (χ4v) is 6.00. The molecule has 0 saturated carbocycles. The molecule has 232 valence electrons. The van der Waals surface area contributed by atoms with Crippen LogP contribution in [0.25, 0.3) is 5.76 Å². The van der Waals surface area contributed by atoms with Crippen LogP contribution in [0.2, 0.25) is 0 Å². The molecule has 1 N–H and O–H groups in total. The Kier molecular flexibility index (Phi) is 9.90. The van der Waals surface area contributed by atoms with E-state index in [2.05, 4.69) is 18.7 Å². The Morgan fingerprint density at radius 2 is 1.75 bits per heavy atom. The number of carbonyl (C=O) groups excluding carboxylic acids is 2. The number of carbonyl (C=O) groups is 2. The molecule has 1 saturated heterocycles. The van der Waals surface area contributed by atoms with Crippen LogP contribution in [0.1, 0.15) is 62.4 Å². The molecule has 5 rings (SSSR count). The molecule has 0 bridgehead atoms. The van der Waals surface area contributed by atoms with E-state index in [1.807, 2.05) is 74.5 Å². The topological polar surface area (TPSA) is 88.5 Å². The number of aliphatic hydroxyl groups excluding tert-OH is 1. The van der Waals surface area contributed by atoms with Gasteiger partial charge in [-0.15, -0.1) is 0 Å². The Morgan fingerprint density at radius 1 is 0.977 bits per heavy atom. The number of Topliss-reactive ketones (excluding diaryl/α,β-unsaturated/α-hetero) is 1. The fourth-order valence-electron chi connectivity index (χ4n) is 6.00. The summed E-state index contributed by atoms with van der Waals surface area (Å²) in [5.41, 5.74) is 3.22. The van der Waals surface area contributed by atoms with E-state index >= 15 is 0 Å². The van der Waals surface area contributed by atoms with Gasteiger partial charge in [0.25, 0.3) is 11.7 Å². The number of hydrogen-bond acceptors (Lipinski definition) is 7. The van der Waals surface area contributed by atoms with Gasteiger partial charge in [-0.2, -0.15) is 0 Å². The summed E-state index contributed by atoms with van der Waals surface area (Å²) in [6.07, 6.45) is 1.44. The number of nitrogens with zero attached hydrogens (tertiary/aromatic N) is 2. The summed E-state index contributed by atoms with van der Waals surface area (Å²) in [6.45, 7) is 11.8. The van der Waals surface area contributed by atoms with E-state index < -0.39 is 17.7 Å². The molecular weight excluding hydrogens is 556 g/mol. The molecule has 3 aromatic rings. The number of hydrogen-bond donors (Lipinski definition) is 1. The highest BCUT2D eigenvalue weighted by molar-refractivity contribution is 6.46. The maximum absolute atomic E-state index is 13.6. The van der Waals surface area contributed by atoms with Crippen molar-refractivity contribution in [3.63, 3.8) is 0 Å². The third-order valence-electron chi connectivity index (χ3n) is 8.30. The van der Waals surface area contributed by atoms with Gasteiger partial charge >= 0.3 is 0 Å². The van der Waals surface area contributed by atoms with E-state index in [1.165, 1.54) is 0 Å². The Bertz CT molecular complexity index is 1510. The summed E-state index contributed by atoms with van der Waals surface area (Å²) in [7, 11) is 0. The summed E-state index contributed by atoms with van der Waals surface area (Å²) < 4.78 is 17.9. The standard InChI is InChI=1S/C36H42N2O6/c1-5-37(6-2)18-11-19-38-33(26-14-17-30(31(22-26)42-7-3)43-23-25-12-9-8-10-13-25)32(35(40)36(38)41)34(39)27-15-16-29-28(21-27)20-24(4)44-29/h8-10,12-17,21-22,24,33,39H,5-7,11,18-20,23H2,1-4H3/b34-32+/t24-,33+/m1/s1. The third kappa shape index (κ3) is 6.60. The van der Waals surface area contributed by atoms with E-state index in [1.54, 1.807) is 11.0 Å². The molecule has 2 atom stereocenters. The van der Waals surface area contributed by atoms with Crippen molar-refractivity contribution in [1.82, 2.24) is 9.80 Å².